The van der Waals surface area contributed by atoms with E-state index in [1.807, 2.05) is 53.4 Å². The fraction of sp³-hybridized carbons (Fsp3) is 0.333. The minimum Gasteiger partial charge on any atom is -0.390 e. The van der Waals surface area contributed by atoms with Crippen molar-refractivity contribution >= 4 is 22.6 Å². The number of carbonyl (C=O) groups is 2. The number of benzene rings is 4. The van der Waals surface area contributed by atoms with Crippen molar-refractivity contribution in [2.45, 2.75) is 58.2 Å². The molecular weight excluding hydrogens is 522 g/mol. The summed E-state index contributed by atoms with van der Waals surface area (Å²) in [5.41, 5.74) is 3.07. The summed E-state index contributed by atoms with van der Waals surface area (Å²) in [5, 5.41) is 20.3. The van der Waals surface area contributed by atoms with Gasteiger partial charge in [0.2, 0.25) is 0 Å². The summed E-state index contributed by atoms with van der Waals surface area (Å²) in [7, 11) is 0. The highest BCUT2D eigenvalue weighted by Crippen LogP contribution is 2.24. The Morgan fingerprint density at radius 2 is 1.45 bits per heavy atom. The molecule has 0 bridgehead atoms. The number of fused-ring (bicyclic) bond motifs is 1. The standard InChI is InChI=1S/C36H43N3O3/c1-4-21-39(22-5-2)36(42)30-18-11-17-29(24-30)35(41)38-33(23-27-13-7-6-8-14-27)34(40)25-37-26(3)31-20-12-16-28-15-9-10-19-32(28)31/h6-20,24,26,33-34,37,40H,4-5,21-23,25H2,1-3H3,(H,38,41)/t26-,33-,34+/m0/s1. The Bertz CT molecular complexity index is 1440. The Morgan fingerprint density at radius 3 is 2.19 bits per heavy atom. The number of carbonyl (C=O) groups excluding carboxylic acids is 2. The zero-order valence-corrected chi connectivity index (χ0v) is 24.9. The van der Waals surface area contributed by atoms with Gasteiger partial charge in [-0.15, -0.1) is 0 Å². The van der Waals surface area contributed by atoms with Gasteiger partial charge in [0.25, 0.3) is 11.8 Å². The highest BCUT2D eigenvalue weighted by Gasteiger charge is 2.24. The number of hydrogen-bond acceptors (Lipinski definition) is 4. The lowest BCUT2D eigenvalue weighted by Crippen LogP contribution is -2.49. The van der Waals surface area contributed by atoms with Gasteiger partial charge in [-0.1, -0.05) is 92.7 Å². The molecule has 6 heteroatoms. The Hall–Kier alpha value is -4.00. The molecule has 3 atom stereocenters. The lowest BCUT2D eigenvalue weighted by atomic mass is 9.98. The number of hydrogen-bond donors (Lipinski definition) is 3. The topological polar surface area (TPSA) is 81.7 Å². The van der Waals surface area contributed by atoms with Crippen LogP contribution in [0, 0.1) is 0 Å². The van der Waals surface area contributed by atoms with Crippen molar-refractivity contribution in [3.05, 3.63) is 119 Å². The van der Waals surface area contributed by atoms with Crippen LogP contribution in [-0.4, -0.2) is 53.6 Å². The smallest absolute Gasteiger partial charge is 0.253 e. The molecule has 0 unspecified atom stereocenters. The third-order valence-electron chi connectivity index (χ3n) is 7.65. The zero-order valence-electron chi connectivity index (χ0n) is 24.9. The maximum atomic E-state index is 13.5. The second kappa shape index (κ2) is 15.3. The molecule has 0 aromatic heterocycles. The van der Waals surface area contributed by atoms with Gasteiger partial charge in [0.05, 0.1) is 12.1 Å². The molecule has 0 aliphatic carbocycles. The van der Waals surface area contributed by atoms with E-state index in [9.17, 15) is 14.7 Å². The van der Waals surface area contributed by atoms with Gasteiger partial charge in [-0.25, -0.2) is 0 Å². The molecule has 3 N–H and O–H groups in total. The van der Waals surface area contributed by atoms with Crippen molar-refractivity contribution in [2.75, 3.05) is 19.6 Å². The predicted molar refractivity (Wildman–Crippen MR) is 171 cm³/mol. The van der Waals surface area contributed by atoms with Gasteiger partial charge in [0.1, 0.15) is 0 Å². The van der Waals surface area contributed by atoms with Crippen LogP contribution in [0.1, 0.15) is 71.5 Å². The van der Waals surface area contributed by atoms with Crippen molar-refractivity contribution in [1.82, 2.24) is 15.5 Å². The molecule has 0 saturated carbocycles. The molecule has 0 saturated heterocycles. The Morgan fingerprint density at radius 1 is 0.810 bits per heavy atom. The van der Waals surface area contributed by atoms with Gasteiger partial charge in [0, 0.05) is 36.8 Å². The molecule has 220 valence electrons. The highest BCUT2D eigenvalue weighted by atomic mass is 16.3. The molecule has 42 heavy (non-hydrogen) atoms. The van der Waals surface area contributed by atoms with Crippen LogP contribution in [0.5, 0.6) is 0 Å². The van der Waals surface area contributed by atoms with Crippen LogP contribution in [-0.2, 0) is 6.42 Å². The summed E-state index contributed by atoms with van der Waals surface area (Å²) >= 11 is 0. The molecule has 4 aromatic rings. The number of rotatable bonds is 14. The lowest BCUT2D eigenvalue weighted by molar-refractivity contribution is 0.0755. The van der Waals surface area contributed by atoms with Crippen molar-refractivity contribution < 1.29 is 14.7 Å². The van der Waals surface area contributed by atoms with Crippen molar-refractivity contribution in [1.29, 1.82) is 0 Å². The van der Waals surface area contributed by atoms with E-state index in [1.165, 1.54) is 10.8 Å². The predicted octanol–water partition coefficient (Wildman–Crippen LogP) is 6.15. The molecule has 0 radical (unpaired) electrons. The third-order valence-corrected chi connectivity index (χ3v) is 7.65. The molecule has 4 rings (SSSR count). The van der Waals surface area contributed by atoms with Crippen LogP contribution in [0.2, 0.25) is 0 Å². The van der Waals surface area contributed by atoms with Gasteiger partial charge in [-0.2, -0.15) is 0 Å². The molecule has 2 amide bonds. The second-order valence-corrected chi connectivity index (χ2v) is 10.9. The van der Waals surface area contributed by atoms with Crippen LogP contribution >= 0.6 is 0 Å². The monoisotopic (exact) mass is 565 g/mol. The molecule has 6 nitrogen and oxygen atoms in total. The Labute approximate surface area is 249 Å². The van der Waals surface area contributed by atoms with E-state index in [1.54, 1.807) is 24.3 Å². The van der Waals surface area contributed by atoms with Gasteiger partial charge in [0.15, 0.2) is 0 Å². The Balaban J connectivity index is 1.49. The first kappa shape index (κ1) is 30.9. The van der Waals surface area contributed by atoms with Gasteiger partial charge in [-0.05, 0) is 66.3 Å². The highest BCUT2D eigenvalue weighted by molar-refractivity contribution is 5.99. The first-order valence-electron chi connectivity index (χ1n) is 15.0. The van der Waals surface area contributed by atoms with Crippen LogP contribution in [0.3, 0.4) is 0 Å². The van der Waals surface area contributed by atoms with E-state index in [0.29, 0.717) is 37.2 Å². The van der Waals surface area contributed by atoms with Crippen LogP contribution in [0.4, 0.5) is 0 Å². The van der Waals surface area contributed by atoms with Gasteiger partial charge < -0.3 is 20.6 Å². The van der Waals surface area contributed by atoms with E-state index in [4.69, 9.17) is 0 Å². The van der Waals surface area contributed by atoms with Crippen LogP contribution < -0.4 is 10.6 Å². The molecule has 0 heterocycles. The van der Waals surface area contributed by atoms with Crippen molar-refractivity contribution in [2.24, 2.45) is 0 Å². The largest absolute Gasteiger partial charge is 0.390 e. The summed E-state index contributed by atoms with van der Waals surface area (Å²) < 4.78 is 0. The van der Waals surface area contributed by atoms with Gasteiger partial charge in [-0.3, -0.25) is 9.59 Å². The summed E-state index contributed by atoms with van der Waals surface area (Å²) in [6.07, 6.45) is 1.37. The number of aliphatic hydroxyl groups is 1. The minimum atomic E-state index is -0.846. The van der Waals surface area contributed by atoms with E-state index < -0.39 is 12.1 Å². The van der Waals surface area contributed by atoms with E-state index in [-0.39, 0.29) is 17.9 Å². The number of nitrogens with zero attached hydrogens (tertiary/aromatic N) is 1. The maximum Gasteiger partial charge on any atom is 0.253 e. The summed E-state index contributed by atoms with van der Waals surface area (Å²) in [6.45, 7) is 7.84. The van der Waals surface area contributed by atoms with E-state index in [2.05, 4.69) is 55.7 Å². The number of amides is 2. The average Bonchev–Trinajstić information content (AvgIpc) is 3.03. The van der Waals surface area contributed by atoms with Crippen molar-refractivity contribution in [3.8, 4) is 0 Å². The maximum absolute atomic E-state index is 13.5. The second-order valence-electron chi connectivity index (χ2n) is 10.9. The van der Waals surface area contributed by atoms with E-state index >= 15 is 0 Å². The van der Waals surface area contributed by atoms with Gasteiger partial charge >= 0.3 is 0 Å². The Kier molecular flexibility index (Phi) is 11.3. The molecule has 0 fully saturated rings. The van der Waals surface area contributed by atoms with Crippen LogP contribution in [0.25, 0.3) is 10.8 Å². The molecule has 4 aromatic carbocycles. The molecular formula is C36H43N3O3. The summed E-state index contributed by atoms with van der Waals surface area (Å²) in [6, 6.07) is 30.7. The molecule has 0 aliphatic rings. The zero-order chi connectivity index (χ0) is 29.9. The third kappa shape index (κ3) is 8.05. The molecule has 0 spiro atoms. The van der Waals surface area contributed by atoms with E-state index in [0.717, 1.165) is 24.0 Å². The first-order chi connectivity index (χ1) is 20.4. The fourth-order valence-electron chi connectivity index (χ4n) is 5.41. The summed E-state index contributed by atoms with van der Waals surface area (Å²) in [5.74, 6) is -0.384. The molecule has 0 aliphatic heterocycles. The first-order valence-corrected chi connectivity index (χ1v) is 15.0. The number of aliphatic hydroxyl groups excluding tert-OH is 1. The number of nitrogens with one attached hydrogen (secondary N) is 2. The fourth-order valence-corrected chi connectivity index (χ4v) is 5.41. The minimum absolute atomic E-state index is 0.00397. The van der Waals surface area contributed by atoms with Crippen LogP contribution in [0.15, 0.2) is 97.1 Å². The normalized spacial score (nSPS) is 13.3. The quantitative estimate of drug-likeness (QED) is 0.171. The SMILES string of the molecule is CCCN(CCC)C(=O)c1cccc(C(=O)N[C@@H](Cc2ccccc2)[C@H](O)CN[C@@H](C)c2cccc3ccccc23)c1. The average molecular weight is 566 g/mol. The van der Waals surface area contributed by atoms with Crippen molar-refractivity contribution in [3.63, 3.8) is 0 Å². The summed E-state index contributed by atoms with van der Waals surface area (Å²) in [4.78, 5) is 28.5. The lowest BCUT2D eigenvalue weighted by Gasteiger charge is -2.27.